The van der Waals surface area contributed by atoms with Crippen LogP contribution >= 0.6 is 34.0 Å². The van der Waals surface area contributed by atoms with Gasteiger partial charge in [-0.15, -0.1) is 22.7 Å². The second-order valence-corrected chi connectivity index (χ2v) is 30.0. The van der Waals surface area contributed by atoms with Gasteiger partial charge in [0.1, 0.15) is 40.5 Å². The number of benzene rings is 8. The summed E-state index contributed by atoms with van der Waals surface area (Å²) < 4.78 is 30.2. The molecule has 4 aliphatic heterocycles. The standard InChI is InChI=1S/C27H22N2O3S.C24H20N2O5.C23H18N2O4.C18H11FN2O3S2/c1-16(2)17-12-14-18(15-13-17)23-22(24(30)19-8-4-3-5-9-19)25(31)26(32)29(23)27-28-20-10-6-7-11-21(20)33-27;1-30-17-12-11-16(14-18(17)31-2)21-20(22(27)15-8-4-3-5-9-15)23(28)24(29)26(21)19-10-6-7-13-25-19;1-29-17-12-10-15(11-13-17)20-19(21(26)16-7-3-2-4-8-16)22(27)23(28)25(20)18-9-5-6-14-24-18;19-11-5-3-10(4-6-11)14-13(15(22)12-2-1-8-25-12)16(23)17(24)21(14)18-20-7-9-26-18/h3-16,23,30H,1-2H3;3-14,21,27H,1-2H3;2-14,20,26H,1H3;1-9,14,23H. The summed E-state index contributed by atoms with van der Waals surface area (Å²) in [5.74, 6) is -4.70. The fourth-order valence-electron chi connectivity index (χ4n) is 14.1. The van der Waals surface area contributed by atoms with Crippen molar-refractivity contribution in [2.24, 2.45) is 0 Å². The normalized spacial score (nSPS) is 17.7. The highest BCUT2D eigenvalue weighted by Crippen LogP contribution is 2.49. The number of carbonyl (C=O) groups excluding carboxylic acids is 8. The lowest BCUT2D eigenvalue weighted by molar-refractivity contribution is -0.132. The lowest BCUT2D eigenvalue weighted by atomic mass is 9.93. The van der Waals surface area contributed by atoms with Gasteiger partial charge in [-0.1, -0.05) is 201 Å². The number of nitrogens with zero attached hydrogens (tertiary/aromatic N) is 8. The molecule has 4 N–H and O–H groups in total. The number of anilines is 4. The number of fused-ring (bicyclic) bond motifs is 1. The van der Waals surface area contributed by atoms with Gasteiger partial charge in [-0.3, -0.25) is 58.0 Å². The molecule has 5 aromatic heterocycles. The Hall–Kier alpha value is -14.7. The Labute approximate surface area is 692 Å². The molecule has 0 radical (unpaired) electrons. The Morgan fingerprint density at radius 3 is 1.34 bits per heavy atom. The number of thiophene rings is 1. The lowest BCUT2D eigenvalue weighted by Gasteiger charge is -2.25. The summed E-state index contributed by atoms with van der Waals surface area (Å²) in [6.45, 7) is 4.22. The Balaban J connectivity index is 0.000000131. The largest absolute Gasteiger partial charge is 0.507 e. The highest BCUT2D eigenvalue weighted by atomic mass is 32.1. The van der Waals surface area contributed by atoms with E-state index in [4.69, 9.17) is 14.2 Å². The number of Topliss-reactive ketones (excluding diaryl/α,β-unsaturated/α-hetero) is 4. The molecule has 594 valence electrons. The van der Waals surface area contributed by atoms with Crippen molar-refractivity contribution in [3.8, 4) is 17.2 Å². The van der Waals surface area contributed by atoms with Crippen LogP contribution in [0.1, 0.15) is 98.1 Å². The molecule has 4 amide bonds. The third-order valence-electron chi connectivity index (χ3n) is 19.8. The zero-order valence-electron chi connectivity index (χ0n) is 64.0. The van der Waals surface area contributed by atoms with Crippen molar-refractivity contribution in [2.45, 2.75) is 43.9 Å². The number of aliphatic hydroxyl groups excluding tert-OH is 4. The summed E-state index contributed by atoms with van der Waals surface area (Å²) in [7, 11) is 4.58. The van der Waals surface area contributed by atoms with E-state index in [2.05, 4.69) is 33.8 Å². The minimum atomic E-state index is -0.894. The number of aliphatic hydroxyl groups is 4. The molecule has 0 spiro atoms. The summed E-state index contributed by atoms with van der Waals surface area (Å²) in [5.41, 5.74) is 5.84. The van der Waals surface area contributed by atoms with Gasteiger partial charge in [0.15, 0.2) is 27.5 Å². The van der Waals surface area contributed by atoms with E-state index in [-0.39, 0.29) is 39.6 Å². The van der Waals surface area contributed by atoms with Crippen LogP contribution in [0.15, 0.2) is 312 Å². The molecule has 0 bridgehead atoms. The predicted octanol–water partition coefficient (Wildman–Crippen LogP) is 17.6. The van der Waals surface area contributed by atoms with E-state index in [9.17, 15) is 63.2 Å². The van der Waals surface area contributed by atoms with E-state index in [1.54, 1.807) is 194 Å². The van der Waals surface area contributed by atoms with Gasteiger partial charge >= 0.3 is 17.7 Å². The second kappa shape index (κ2) is 35.6. The zero-order chi connectivity index (χ0) is 83.7. The molecule has 23 nitrogen and oxygen atoms in total. The number of para-hydroxylation sites is 1. The molecule has 27 heteroatoms. The third-order valence-corrected chi connectivity index (χ3v) is 22.5. The number of pyridine rings is 2. The first kappa shape index (κ1) is 80.9. The van der Waals surface area contributed by atoms with Gasteiger partial charge < -0.3 is 34.6 Å². The van der Waals surface area contributed by atoms with Crippen molar-refractivity contribution in [1.29, 1.82) is 0 Å². The quantitative estimate of drug-likeness (QED) is 0.0285. The maximum absolute atomic E-state index is 13.4. The van der Waals surface area contributed by atoms with Crippen LogP contribution in [0, 0.1) is 5.82 Å². The molecular formula is C92H71FN8O15S3. The van der Waals surface area contributed by atoms with E-state index in [1.165, 1.54) is 104 Å². The molecule has 4 unspecified atom stereocenters. The fourth-order valence-corrected chi connectivity index (χ4v) is 16.4. The monoisotopic (exact) mass is 1640 g/mol. The predicted molar refractivity (Wildman–Crippen MR) is 452 cm³/mol. The van der Waals surface area contributed by atoms with Gasteiger partial charge in [0.05, 0.1) is 82.9 Å². The number of rotatable bonds is 17. The molecule has 4 atom stereocenters. The molecule has 3 fully saturated rings. The number of carbonyl (C=O) groups is 8. The first-order valence-corrected chi connectivity index (χ1v) is 39.5. The lowest BCUT2D eigenvalue weighted by Crippen LogP contribution is -2.30. The van der Waals surface area contributed by atoms with E-state index in [0.717, 1.165) is 21.3 Å². The SMILES string of the molecule is CC(C)c1ccc(C2C(=C(O)c3ccccc3)C(=O)C(=O)N2c2nc3ccccc3s2)cc1.COc1ccc(C2C(=C(O)c3ccccc3)C(=O)C(=O)N2c2ccccn2)cc1.COc1ccc(C2C(=C(O)c3ccccc3)C(=O)C(=O)N2c2ccccn2)cc1OC.O=C(C1=C(O)C(=O)N(c2nccs2)C1c1ccc(F)cc1)c1cccs1. The molecule has 17 rings (SSSR count). The van der Waals surface area contributed by atoms with Crippen LogP contribution in [-0.4, -0.2) is 108 Å². The van der Waals surface area contributed by atoms with Gasteiger partial charge in [0.25, 0.3) is 23.3 Å². The topological polar surface area (TPSA) is 310 Å². The van der Waals surface area contributed by atoms with Crippen LogP contribution in [0.25, 0.3) is 27.5 Å². The second-order valence-electron chi connectivity index (χ2n) is 27.2. The Morgan fingerprint density at radius 2 is 0.882 bits per heavy atom. The Bertz CT molecular complexity index is 6080. The summed E-state index contributed by atoms with van der Waals surface area (Å²) in [6, 6.07) is 69.5. The Morgan fingerprint density at radius 1 is 0.429 bits per heavy atom. The number of aromatic nitrogens is 4. The molecule has 9 heterocycles. The average molecular weight is 1640 g/mol. The fraction of sp³-hybridized carbons (Fsp3) is 0.109. The van der Waals surface area contributed by atoms with Crippen molar-refractivity contribution in [3.05, 3.63) is 367 Å². The number of ketones is 4. The Kier molecular flexibility index (Phi) is 24.2. The molecule has 3 saturated heterocycles. The molecule has 0 saturated carbocycles. The molecule has 4 aliphatic rings. The van der Waals surface area contributed by atoms with Crippen molar-refractivity contribution < 1.29 is 77.4 Å². The third kappa shape index (κ3) is 16.3. The number of halogens is 1. The first-order valence-electron chi connectivity index (χ1n) is 36.9. The maximum atomic E-state index is 13.4. The molecule has 8 aromatic carbocycles. The molecule has 119 heavy (non-hydrogen) atoms. The van der Waals surface area contributed by atoms with Crippen LogP contribution in [0.5, 0.6) is 17.2 Å². The number of methoxy groups -OCH3 is 3. The van der Waals surface area contributed by atoms with Crippen LogP contribution < -0.4 is 33.8 Å². The number of ether oxygens (including phenoxy) is 3. The number of thiazole rings is 2. The van der Waals surface area contributed by atoms with Crippen molar-refractivity contribution >= 4 is 130 Å². The van der Waals surface area contributed by atoms with Crippen molar-refractivity contribution in [1.82, 2.24) is 19.9 Å². The number of hydrogen-bond donors (Lipinski definition) is 4. The minimum absolute atomic E-state index is 0.0194. The van der Waals surface area contributed by atoms with E-state index in [1.807, 2.05) is 60.7 Å². The van der Waals surface area contributed by atoms with Gasteiger partial charge in [-0.2, -0.15) is 0 Å². The number of amides is 4. The molecule has 0 aliphatic carbocycles. The zero-order valence-corrected chi connectivity index (χ0v) is 66.4. The van der Waals surface area contributed by atoms with E-state index >= 15 is 0 Å². The molecular weight excluding hydrogens is 1570 g/mol. The number of hydrogen-bond acceptors (Lipinski definition) is 22. The highest BCUT2D eigenvalue weighted by Gasteiger charge is 2.52. The van der Waals surface area contributed by atoms with E-state index < -0.39 is 82.5 Å². The highest BCUT2D eigenvalue weighted by molar-refractivity contribution is 7.22. The van der Waals surface area contributed by atoms with Crippen molar-refractivity contribution in [2.75, 3.05) is 40.9 Å². The van der Waals surface area contributed by atoms with Crippen LogP contribution in [0.4, 0.5) is 26.3 Å². The summed E-state index contributed by atoms with van der Waals surface area (Å²) in [6.07, 6.45) is 4.62. The van der Waals surface area contributed by atoms with Crippen molar-refractivity contribution in [3.63, 3.8) is 0 Å². The summed E-state index contributed by atoms with van der Waals surface area (Å²) >= 11 is 3.79. The van der Waals surface area contributed by atoms with Crippen LogP contribution in [0.3, 0.4) is 0 Å². The van der Waals surface area contributed by atoms with Crippen LogP contribution in [-0.2, 0) is 33.6 Å². The van der Waals surface area contributed by atoms with Gasteiger partial charge in [-0.25, -0.2) is 24.3 Å². The van der Waals surface area contributed by atoms with Gasteiger partial charge in [0.2, 0.25) is 5.78 Å². The van der Waals surface area contributed by atoms with E-state index in [0.29, 0.717) is 83.3 Å². The van der Waals surface area contributed by atoms with Crippen LogP contribution in [0.2, 0.25) is 0 Å². The van der Waals surface area contributed by atoms with Gasteiger partial charge in [-0.05, 0) is 118 Å². The van der Waals surface area contributed by atoms with Gasteiger partial charge in [0, 0.05) is 40.7 Å². The first-order chi connectivity index (χ1) is 57.7. The summed E-state index contributed by atoms with van der Waals surface area (Å²) in [5, 5.41) is 47.8. The minimum Gasteiger partial charge on any atom is -0.507 e. The smallest absolute Gasteiger partial charge is 0.301 e. The summed E-state index contributed by atoms with van der Waals surface area (Å²) in [4.78, 5) is 127. The average Bonchev–Trinajstić information content (AvgIpc) is 1.62. The molecule has 13 aromatic rings. The maximum Gasteiger partial charge on any atom is 0.301 e.